The van der Waals surface area contributed by atoms with Gasteiger partial charge in [0.2, 0.25) is 0 Å². The number of hydrogen-bond donors (Lipinski definition) is 9. The third kappa shape index (κ3) is 9.84. The molecule has 3 saturated heterocycles. The maximum absolute atomic E-state index is 12.3. The quantitative estimate of drug-likeness (QED) is 0.0450. The van der Waals surface area contributed by atoms with Crippen molar-refractivity contribution in [3.05, 3.63) is 88.8 Å². The molecular weight excluding hydrogens is 813 g/mol. The van der Waals surface area contributed by atoms with Gasteiger partial charge in [-0.2, -0.15) is 0 Å². The monoisotopic (exact) mass is 872 g/mol. The summed E-state index contributed by atoms with van der Waals surface area (Å²) in [6, 6.07) is 18.4. The molecule has 6 unspecified atom stereocenters. The number of carbonyl (C=O) groups is 3. The molecule has 3 aromatic carbocycles. The predicted octanol–water partition coefficient (Wildman–Crippen LogP) is 5.25. The van der Waals surface area contributed by atoms with Crippen LogP contribution in [0.15, 0.2) is 54.6 Å². The fraction of sp³-hybridized carbons (Fsp3) is 0.500. The Balaban J connectivity index is 0.991. The van der Waals surface area contributed by atoms with Gasteiger partial charge in [0.25, 0.3) is 0 Å². The molecule has 6 heterocycles. The Labute approximate surface area is 371 Å². The van der Waals surface area contributed by atoms with Crippen LogP contribution in [0.1, 0.15) is 72.7 Å². The van der Waals surface area contributed by atoms with E-state index < -0.39 is 35.7 Å². The fourth-order valence-corrected chi connectivity index (χ4v) is 10.7. The SMILES string of the molecule is O=C(O)C(CCc1nc2c(CN(Cc3cccc4[nH]c(CCC(C(=O)O)C5CCNC5)nc34)Cc3cccc4[nH]c(CCC(C(=O)O)C5CCNC5)nc34)cccc2[nH]1)C1CCNC1. The van der Waals surface area contributed by atoms with Crippen LogP contribution in [0, 0.1) is 35.5 Å². The molecule has 16 nitrogen and oxygen atoms in total. The van der Waals surface area contributed by atoms with Gasteiger partial charge in [-0.1, -0.05) is 36.4 Å². The molecule has 3 fully saturated rings. The number of H-pyrrole nitrogens is 3. The summed E-state index contributed by atoms with van der Waals surface area (Å²) in [6.45, 7) is 6.35. The molecule has 6 atom stereocenters. The van der Waals surface area contributed by atoms with Crippen molar-refractivity contribution in [1.29, 1.82) is 0 Å². The normalized spacial score (nSPS) is 20.5. The summed E-state index contributed by atoms with van der Waals surface area (Å²) in [5.41, 5.74) is 8.36. The zero-order valence-corrected chi connectivity index (χ0v) is 36.2. The highest BCUT2D eigenvalue weighted by Crippen LogP contribution is 2.30. The van der Waals surface area contributed by atoms with Crippen molar-refractivity contribution in [2.24, 2.45) is 35.5 Å². The molecule has 9 rings (SSSR count). The first-order valence-corrected chi connectivity index (χ1v) is 23.1. The lowest BCUT2D eigenvalue weighted by molar-refractivity contribution is -0.144. The highest BCUT2D eigenvalue weighted by molar-refractivity contribution is 5.81. The van der Waals surface area contributed by atoms with Crippen LogP contribution in [0.2, 0.25) is 0 Å². The first kappa shape index (κ1) is 43.6. The van der Waals surface area contributed by atoms with Gasteiger partial charge in [-0.15, -0.1) is 0 Å². The van der Waals surface area contributed by atoms with E-state index in [9.17, 15) is 29.7 Å². The number of nitrogens with zero attached hydrogens (tertiary/aromatic N) is 4. The molecule has 3 aromatic heterocycles. The summed E-state index contributed by atoms with van der Waals surface area (Å²) in [4.78, 5) is 64.9. The number of nitrogens with one attached hydrogen (secondary N) is 6. The molecule has 6 aromatic rings. The number of imidazole rings is 3. The van der Waals surface area contributed by atoms with Crippen molar-refractivity contribution in [3.8, 4) is 0 Å². The summed E-state index contributed by atoms with van der Waals surface area (Å²) < 4.78 is 0. The molecule has 9 N–H and O–H groups in total. The number of para-hydroxylation sites is 3. The Morgan fingerprint density at radius 1 is 0.516 bits per heavy atom. The molecule has 3 aliphatic heterocycles. The summed E-state index contributed by atoms with van der Waals surface area (Å²) in [7, 11) is 0. The number of aromatic nitrogens is 6. The second-order valence-electron chi connectivity index (χ2n) is 18.3. The minimum Gasteiger partial charge on any atom is -0.481 e. The number of aliphatic carboxylic acids is 3. The molecule has 3 aliphatic rings. The highest BCUT2D eigenvalue weighted by atomic mass is 16.4. The standard InChI is InChI=1S/C48H60N10O6/c59-46(60)34(28-16-19-49-22-28)10-13-40-52-37-7-1-4-31(43(37)55-40)25-58(26-32-5-2-8-38-44(32)56-41(53-38)14-11-35(47(61)62)29-17-20-50-23-29)27-33-6-3-9-39-45(33)57-42(54-39)15-12-36(48(63)64)30-18-21-51-24-30/h1-9,28-30,34-36,49-51H,10-27H2,(H,52,55)(H,53,56)(H,54,57)(H,59,60)(H,61,62)(H,63,64). The second-order valence-corrected chi connectivity index (χ2v) is 18.3. The van der Waals surface area contributed by atoms with Gasteiger partial charge >= 0.3 is 17.9 Å². The summed E-state index contributed by atoms with van der Waals surface area (Å²) in [5.74, 6) is -0.882. The van der Waals surface area contributed by atoms with Crippen LogP contribution >= 0.6 is 0 Å². The minimum absolute atomic E-state index is 0.114. The van der Waals surface area contributed by atoms with Crippen LogP contribution in [0.25, 0.3) is 33.1 Å². The van der Waals surface area contributed by atoms with Gasteiger partial charge in [0.05, 0.1) is 50.9 Å². The number of aryl methyl sites for hydroxylation is 3. The van der Waals surface area contributed by atoms with Crippen molar-refractivity contribution in [2.75, 3.05) is 39.3 Å². The topological polar surface area (TPSA) is 237 Å². The molecular formula is C48H60N10O6. The van der Waals surface area contributed by atoms with Gasteiger partial charge in [-0.3, -0.25) is 19.3 Å². The first-order chi connectivity index (χ1) is 31.2. The average Bonchev–Trinajstić information content (AvgIpc) is 4.12. The van der Waals surface area contributed by atoms with E-state index in [1.54, 1.807) is 0 Å². The van der Waals surface area contributed by atoms with E-state index in [4.69, 9.17) is 15.0 Å². The summed E-state index contributed by atoms with van der Waals surface area (Å²) >= 11 is 0. The van der Waals surface area contributed by atoms with Crippen molar-refractivity contribution >= 4 is 51.0 Å². The summed E-state index contributed by atoms with van der Waals surface area (Å²) in [6.07, 6.45) is 5.74. The first-order valence-electron chi connectivity index (χ1n) is 23.1. The Morgan fingerprint density at radius 3 is 1.09 bits per heavy atom. The van der Waals surface area contributed by atoms with Crippen molar-refractivity contribution in [1.82, 2.24) is 50.8 Å². The van der Waals surface area contributed by atoms with E-state index in [0.29, 0.717) is 58.2 Å². The Hall–Kier alpha value is -5.68. The molecule has 338 valence electrons. The number of rotatable bonds is 21. The fourth-order valence-electron chi connectivity index (χ4n) is 10.7. The molecule has 16 heteroatoms. The molecule has 0 bridgehead atoms. The minimum atomic E-state index is -0.753. The lowest BCUT2D eigenvalue weighted by Crippen LogP contribution is -2.26. The number of fused-ring (bicyclic) bond motifs is 3. The highest BCUT2D eigenvalue weighted by Gasteiger charge is 2.33. The van der Waals surface area contributed by atoms with E-state index in [1.807, 2.05) is 36.4 Å². The largest absolute Gasteiger partial charge is 0.481 e. The Bertz CT molecular complexity index is 2300. The van der Waals surface area contributed by atoms with Gasteiger partial charge in [0.1, 0.15) is 17.5 Å². The van der Waals surface area contributed by atoms with Crippen LogP contribution in [0.4, 0.5) is 0 Å². The third-order valence-corrected chi connectivity index (χ3v) is 14.1. The lowest BCUT2D eigenvalue weighted by atomic mass is 9.87. The predicted molar refractivity (Wildman–Crippen MR) is 243 cm³/mol. The molecule has 0 amide bonds. The Morgan fingerprint density at radius 2 is 0.828 bits per heavy atom. The summed E-state index contributed by atoms with van der Waals surface area (Å²) in [5, 5.41) is 40.1. The van der Waals surface area contributed by atoms with Gasteiger partial charge in [0, 0.05) is 38.9 Å². The molecule has 0 radical (unpaired) electrons. The molecule has 0 saturated carbocycles. The maximum Gasteiger partial charge on any atom is 0.306 e. The second kappa shape index (κ2) is 19.6. The number of aromatic amines is 3. The number of benzene rings is 3. The van der Waals surface area contributed by atoms with Gasteiger partial charge in [-0.05, 0) is 130 Å². The maximum atomic E-state index is 12.3. The van der Waals surface area contributed by atoms with E-state index in [2.05, 4.69) is 54.0 Å². The third-order valence-electron chi connectivity index (χ3n) is 14.1. The van der Waals surface area contributed by atoms with Crippen LogP contribution in [0.3, 0.4) is 0 Å². The molecule has 0 aliphatic carbocycles. The lowest BCUT2D eigenvalue weighted by Gasteiger charge is -2.23. The number of carboxylic acid groups (broad SMARTS) is 3. The number of carboxylic acids is 3. The average molecular weight is 873 g/mol. The van der Waals surface area contributed by atoms with Gasteiger partial charge in [-0.25, -0.2) is 15.0 Å². The van der Waals surface area contributed by atoms with E-state index >= 15 is 0 Å². The van der Waals surface area contributed by atoms with Gasteiger partial charge < -0.3 is 46.2 Å². The Kier molecular flexibility index (Phi) is 13.3. The van der Waals surface area contributed by atoms with Crippen LogP contribution in [-0.2, 0) is 53.3 Å². The smallest absolute Gasteiger partial charge is 0.306 e. The van der Waals surface area contributed by atoms with Gasteiger partial charge in [0.15, 0.2) is 0 Å². The van der Waals surface area contributed by atoms with Crippen molar-refractivity contribution in [2.45, 2.75) is 77.4 Å². The molecule has 0 spiro atoms. The van der Waals surface area contributed by atoms with Crippen molar-refractivity contribution < 1.29 is 29.7 Å². The zero-order valence-electron chi connectivity index (χ0n) is 36.2. The van der Waals surface area contributed by atoms with E-state index in [1.165, 1.54) is 0 Å². The van der Waals surface area contributed by atoms with Crippen LogP contribution < -0.4 is 16.0 Å². The molecule has 64 heavy (non-hydrogen) atoms. The van der Waals surface area contributed by atoms with E-state index in [-0.39, 0.29) is 17.8 Å². The van der Waals surface area contributed by atoms with Crippen LogP contribution in [0.5, 0.6) is 0 Å². The van der Waals surface area contributed by atoms with Crippen LogP contribution in [-0.4, -0.2) is 107 Å². The number of hydrogen-bond acceptors (Lipinski definition) is 10. The zero-order chi connectivity index (χ0) is 44.2. The van der Waals surface area contributed by atoms with Crippen molar-refractivity contribution in [3.63, 3.8) is 0 Å². The van der Waals surface area contributed by atoms with E-state index in [0.717, 1.165) is 126 Å².